The fourth-order valence-electron chi connectivity index (χ4n) is 2.56. The number of rotatable bonds is 4. The van der Waals surface area contributed by atoms with Crippen molar-refractivity contribution in [3.63, 3.8) is 0 Å². The third-order valence-corrected chi connectivity index (χ3v) is 3.56. The molecule has 0 aliphatic heterocycles. The lowest BCUT2D eigenvalue weighted by molar-refractivity contribution is 0.112. The van der Waals surface area contributed by atoms with Gasteiger partial charge in [0.2, 0.25) is 0 Å². The number of carbonyl (C=O) groups excluding carboxylic acids is 1. The molecule has 0 unspecified atom stereocenters. The standard InChI is InChI=1S/C17H16N2O/c1-13-6-5-11-19-16(18-15(12-20)17(13)19)10-9-14-7-3-2-4-8-14/h2-8,11-12H,9-10H2,1H3. The third kappa shape index (κ3) is 2.23. The first kappa shape index (κ1) is 12.6. The van der Waals surface area contributed by atoms with E-state index in [0.29, 0.717) is 5.69 Å². The van der Waals surface area contributed by atoms with Crippen molar-refractivity contribution < 1.29 is 4.79 Å². The van der Waals surface area contributed by atoms with Crippen LogP contribution < -0.4 is 0 Å². The van der Waals surface area contributed by atoms with E-state index in [-0.39, 0.29) is 0 Å². The number of hydrogen-bond donors (Lipinski definition) is 0. The number of nitrogens with zero attached hydrogens (tertiary/aromatic N) is 2. The molecule has 0 bridgehead atoms. The van der Waals surface area contributed by atoms with E-state index < -0.39 is 0 Å². The number of benzene rings is 1. The van der Waals surface area contributed by atoms with Crippen LogP contribution in [0.5, 0.6) is 0 Å². The Morgan fingerprint density at radius 2 is 1.90 bits per heavy atom. The van der Waals surface area contributed by atoms with Crippen LogP contribution in [0, 0.1) is 6.92 Å². The largest absolute Gasteiger partial charge is 0.303 e. The van der Waals surface area contributed by atoms with E-state index in [1.165, 1.54) is 5.56 Å². The maximum atomic E-state index is 11.2. The van der Waals surface area contributed by atoms with Crippen molar-refractivity contribution in [1.29, 1.82) is 0 Å². The zero-order chi connectivity index (χ0) is 13.9. The average molecular weight is 264 g/mol. The predicted octanol–water partition coefficient (Wildman–Crippen LogP) is 3.24. The van der Waals surface area contributed by atoms with Crippen molar-refractivity contribution in [3.05, 3.63) is 71.3 Å². The van der Waals surface area contributed by atoms with Gasteiger partial charge in [0.1, 0.15) is 11.5 Å². The minimum Gasteiger partial charge on any atom is -0.303 e. The van der Waals surface area contributed by atoms with Crippen molar-refractivity contribution in [2.75, 3.05) is 0 Å². The molecule has 0 radical (unpaired) electrons. The monoisotopic (exact) mass is 264 g/mol. The first-order chi connectivity index (χ1) is 9.79. The average Bonchev–Trinajstić information content (AvgIpc) is 2.86. The number of aldehydes is 1. The highest BCUT2D eigenvalue weighted by Gasteiger charge is 2.11. The summed E-state index contributed by atoms with van der Waals surface area (Å²) in [5.41, 5.74) is 3.81. The Kier molecular flexibility index (Phi) is 3.33. The van der Waals surface area contributed by atoms with E-state index >= 15 is 0 Å². The molecule has 0 aliphatic carbocycles. The molecule has 0 atom stereocenters. The molecular weight excluding hydrogens is 248 g/mol. The van der Waals surface area contributed by atoms with Crippen LogP contribution in [0.1, 0.15) is 27.4 Å². The van der Waals surface area contributed by atoms with Gasteiger partial charge in [-0.25, -0.2) is 4.98 Å². The highest BCUT2D eigenvalue weighted by molar-refractivity contribution is 5.85. The molecule has 0 saturated carbocycles. The number of pyridine rings is 1. The molecular formula is C17H16N2O. The van der Waals surface area contributed by atoms with Crippen LogP contribution in [0.4, 0.5) is 0 Å². The summed E-state index contributed by atoms with van der Waals surface area (Å²) in [6.45, 7) is 2.00. The summed E-state index contributed by atoms with van der Waals surface area (Å²) in [4.78, 5) is 15.7. The molecule has 0 amide bonds. The van der Waals surface area contributed by atoms with Crippen LogP contribution in [0.15, 0.2) is 48.7 Å². The van der Waals surface area contributed by atoms with Crippen molar-refractivity contribution in [3.8, 4) is 0 Å². The predicted molar refractivity (Wildman–Crippen MR) is 79.2 cm³/mol. The molecule has 0 spiro atoms. The van der Waals surface area contributed by atoms with Crippen molar-refractivity contribution in [2.24, 2.45) is 0 Å². The molecule has 0 fully saturated rings. The molecule has 100 valence electrons. The molecule has 0 aliphatic rings. The normalized spacial score (nSPS) is 10.8. The van der Waals surface area contributed by atoms with Crippen LogP contribution in [0.3, 0.4) is 0 Å². The van der Waals surface area contributed by atoms with Crippen LogP contribution in [-0.4, -0.2) is 15.7 Å². The van der Waals surface area contributed by atoms with Crippen molar-refractivity contribution in [2.45, 2.75) is 19.8 Å². The van der Waals surface area contributed by atoms with Gasteiger partial charge in [-0.05, 0) is 30.5 Å². The van der Waals surface area contributed by atoms with E-state index in [2.05, 4.69) is 17.1 Å². The number of aryl methyl sites for hydroxylation is 3. The first-order valence-electron chi connectivity index (χ1n) is 6.75. The van der Waals surface area contributed by atoms with Crippen LogP contribution in [0.2, 0.25) is 0 Å². The van der Waals surface area contributed by atoms with Gasteiger partial charge in [-0.15, -0.1) is 0 Å². The molecule has 2 aromatic heterocycles. The molecule has 0 saturated heterocycles. The topological polar surface area (TPSA) is 34.4 Å². The molecule has 3 nitrogen and oxygen atoms in total. The van der Waals surface area contributed by atoms with Gasteiger partial charge in [-0.1, -0.05) is 36.4 Å². The molecule has 1 aromatic carbocycles. The Morgan fingerprint density at radius 3 is 2.65 bits per heavy atom. The van der Waals surface area contributed by atoms with Gasteiger partial charge in [-0.3, -0.25) is 4.79 Å². The summed E-state index contributed by atoms with van der Waals surface area (Å²) < 4.78 is 2.03. The summed E-state index contributed by atoms with van der Waals surface area (Å²) in [6.07, 6.45) is 4.56. The fraction of sp³-hybridized carbons (Fsp3) is 0.176. The Hall–Kier alpha value is -2.42. The first-order valence-corrected chi connectivity index (χ1v) is 6.75. The van der Waals surface area contributed by atoms with Gasteiger partial charge in [0.05, 0.1) is 5.52 Å². The van der Waals surface area contributed by atoms with E-state index in [1.54, 1.807) is 0 Å². The number of carbonyl (C=O) groups is 1. The lowest BCUT2D eigenvalue weighted by Crippen LogP contribution is -1.98. The van der Waals surface area contributed by atoms with Gasteiger partial charge in [-0.2, -0.15) is 0 Å². The number of hydrogen-bond acceptors (Lipinski definition) is 2. The van der Waals surface area contributed by atoms with E-state index in [4.69, 9.17) is 0 Å². The maximum Gasteiger partial charge on any atom is 0.170 e. The summed E-state index contributed by atoms with van der Waals surface area (Å²) in [6, 6.07) is 14.3. The molecule has 20 heavy (non-hydrogen) atoms. The minimum absolute atomic E-state index is 0.533. The molecule has 3 aromatic rings. The Labute approximate surface area is 117 Å². The third-order valence-electron chi connectivity index (χ3n) is 3.56. The van der Waals surface area contributed by atoms with Crippen LogP contribution in [0.25, 0.3) is 5.52 Å². The number of aromatic nitrogens is 2. The Balaban J connectivity index is 1.96. The fourth-order valence-corrected chi connectivity index (χ4v) is 2.56. The second-order valence-electron chi connectivity index (χ2n) is 4.93. The summed E-state index contributed by atoms with van der Waals surface area (Å²) in [5, 5.41) is 0. The second kappa shape index (κ2) is 5.29. The number of fused-ring (bicyclic) bond motifs is 1. The Morgan fingerprint density at radius 1 is 1.10 bits per heavy atom. The van der Waals surface area contributed by atoms with Gasteiger partial charge in [0.15, 0.2) is 6.29 Å². The zero-order valence-corrected chi connectivity index (χ0v) is 11.4. The highest BCUT2D eigenvalue weighted by Crippen LogP contribution is 2.17. The second-order valence-corrected chi connectivity index (χ2v) is 4.93. The van der Waals surface area contributed by atoms with Gasteiger partial charge in [0, 0.05) is 12.6 Å². The molecule has 0 N–H and O–H groups in total. The summed E-state index contributed by atoms with van der Waals surface area (Å²) in [5.74, 6) is 0.939. The SMILES string of the molecule is Cc1cccn2c(CCc3ccccc3)nc(C=O)c12. The van der Waals surface area contributed by atoms with E-state index in [0.717, 1.165) is 36.0 Å². The lowest BCUT2D eigenvalue weighted by Gasteiger charge is -2.03. The highest BCUT2D eigenvalue weighted by atomic mass is 16.1. The minimum atomic E-state index is 0.533. The Bertz CT molecular complexity index is 744. The van der Waals surface area contributed by atoms with E-state index in [9.17, 15) is 4.79 Å². The quantitative estimate of drug-likeness (QED) is 0.678. The lowest BCUT2D eigenvalue weighted by atomic mass is 10.1. The van der Waals surface area contributed by atoms with Crippen LogP contribution in [-0.2, 0) is 12.8 Å². The van der Waals surface area contributed by atoms with Gasteiger partial charge in [0.25, 0.3) is 0 Å². The van der Waals surface area contributed by atoms with Crippen molar-refractivity contribution in [1.82, 2.24) is 9.38 Å². The number of imidazole rings is 1. The summed E-state index contributed by atoms with van der Waals surface area (Å²) >= 11 is 0. The van der Waals surface area contributed by atoms with Gasteiger partial charge >= 0.3 is 0 Å². The van der Waals surface area contributed by atoms with Gasteiger partial charge < -0.3 is 4.40 Å². The maximum absolute atomic E-state index is 11.2. The van der Waals surface area contributed by atoms with Crippen molar-refractivity contribution >= 4 is 11.8 Å². The van der Waals surface area contributed by atoms with E-state index in [1.807, 2.05) is 47.9 Å². The molecule has 3 heteroatoms. The molecule has 3 rings (SSSR count). The smallest absolute Gasteiger partial charge is 0.170 e. The summed E-state index contributed by atoms with van der Waals surface area (Å²) in [7, 11) is 0. The zero-order valence-electron chi connectivity index (χ0n) is 11.4. The molecule has 2 heterocycles. The van der Waals surface area contributed by atoms with Crippen LogP contribution >= 0.6 is 0 Å².